The first-order valence-corrected chi connectivity index (χ1v) is 4.17. The van der Waals surface area contributed by atoms with E-state index in [1.54, 1.807) is 0 Å². The molecule has 0 bridgehead atoms. The summed E-state index contributed by atoms with van der Waals surface area (Å²) in [7, 11) is 0. The molecular weight excluding hydrogens is 368 g/mol. The normalized spacial score (nSPS) is 16.9. The molecule has 0 unspecified atom stereocenters. The van der Waals surface area contributed by atoms with Crippen LogP contribution in [-0.4, -0.2) is 6.18 Å². The number of hydrogen-bond acceptors (Lipinski definition) is 0. The van der Waals surface area contributed by atoms with Crippen molar-refractivity contribution >= 4 is 0 Å². The maximum atomic E-state index is 11.6. The molecule has 0 fully saturated rings. The van der Waals surface area contributed by atoms with E-state index in [1.807, 2.05) is 12.2 Å². The zero-order valence-electron chi connectivity index (χ0n) is 9.93. The van der Waals surface area contributed by atoms with Crippen LogP contribution in [0.5, 0.6) is 0 Å². The minimum atomic E-state index is -4.20. The van der Waals surface area contributed by atoms with E-state index >= 15 is 0 Å². The summed E-state index contributed by atoms with van der Waals surface area (Å²) in [6.45, 7) is 0. The second-order valence-electron chi connectivity index (χ2n) is 2.70. The van der Waals surface area contributed by atoms with E-state index in [-0.39, 0.29) is 35.1 Å². The molecule has 0 N–H and O–H groups in total. The minimum Gasteiger partial charge on any atom is -1.00 e. The van der Waals surface area contributed by atoms with Crippen molar-refractivity contribution < 1.29 is 41.9 Å². The molecule has 0 spiro atoms. The van der Waals surface area contributed by atoms with Crippen LogP contribution in [0.4, 0.5) is 13.2 Å². The van der Waals surface area contributed by atoms with Crippen LogP contribution in [0.15, 0.2) is 36.0 Å². The molecule has 2 rings (SSSR count). The summed E-state index contributed by atoms with van der Waals surface area (Å²) in [6, 6.07) is 0. The second-order valence-corrected chi connectivity index (χ2v) is 2.70. The van der Waals surface area contributed by atoms with E-state index in [1.165, 1.54) is 6.08 Å². The average molecular weight is 379 g/mol. The SMILES string of the molecule is FC(F)(F)C1=[C-]CC=C1.[C-]1=CC=CC1.[H-].[H-].[Hf+4]. The van der Waals surface area contributed by atoms with Crippen LogP contribution in [-0.2, 0) is 25.8 Å². The predicted octanol–water partition coefficient (Wildman–Crippen LogP) is 3.77. The predicted molar refractivity (Wildman–Crippen MR) is 50.4 cm³/mol. The maximum Gasteiger partial charge on any atom is 4.00 e. The molecule has 0 aromatic heterocycles. The van der Waals surface area contributed by atoms with Crippen molar-refractivity contribution in [1.82, 2.24) is 0 Å². The van der Waals surface area contributed by atoms with Gasteiger partial charge >= 0.3 is 32.0 Å². The van der Waals surface area contributed by atoms with Crippen LogP contribution in [0.3, 0.4) is 0 Å². The summed E-state index contributed by atoms with van der Waals surface area (Å²) in [5.41, 5.74) is -0.650. The summed E-state index contributed by atoms with van der Waals surface area (Å²) in [4.78, 5) is 0. The van der Waals surface area contributed by atoms with Crippen molar-refractivity contribution in [3.05, 3.63) is 48.1 Å². The molecule has 15 heavy (non-hydrogen) atoms. The average Bonchev–Trinajstić information content (AvgIpc) is 2.80. The smallest absolute Gasteiger partial charge is 1.00 e. The molecule has 0 aromatic carbocycles. The van der Waals surface area contributed by atoms with Gasteiger partial charge in [0.15, 0.2) is 0 Å². The Morgan fingerprint density at radius 2 is 1.93 bits per heavy atom. The summed E-state index contributed by atoms with van der Waals surface area (Å²) in [5, 5.41) is 0. The van der Waals surface area contributed by atoms with Crippen LogP contribution in [0, 0.1) is 12.2 Å². The first-order valence-electron chi connectivity index (χ1n) is 4.17. The quantitative estimate of drug-likeness (QED) is 0.445. The summed E-state index contributed by atoms with van der Waals surface area (Å²) < 4.78 is 34.8. The van der Waals surface area contributed by atoms with Gasteiger partial charge in [0.05, 0.1) is 0 Å². The van der Waals surface area contributed by atoms with Gasteiger partial charge in [0.2, 0.25) is 0 Å². The third-order valence-electron chi connectivity index (χ3n) is 1.59. The van der Waals surface area contributed by atoms with E-state index in [9.17, 15) is 13.2 Å². The van der Waals surface area contributed by atoms with E-state index in [2.05, 4.69) is 18.2 Å². The monoisotopic (exact) mass is 380 g/mol. The van der Waals surface area contributed by atoms with Gasteiger partial charge in [0, 0.05) is 0 Å². The molecule has 2 aliphatic carbocycles. The molecular formula is C11H11F3Hf. The maximum absolute atomic E-state index is 11.6. The van der Waals surface area contributed by atoms with Gasteiger partial charge in [-0.1, -0.05) is 0 Å². The minimum absolute atomic E-state index is 0. The molecule has 0 saturated carbocycles. The molecule has 0 aromatic rings. The number of hydrogen-bond donors (Lipinski definition) is 0. The number of halogens is 3. The number of rotatable bonds is 0. The largest absolute Gasteiger partial charge is 4.00 e. The first-order chi connectivity index (χ1) is 6.61. The zero-order valence-corrected chi connectivity index (χ0v) is 11.5. The fourth-order valence-electron chi connectivity index (χ4n) is 0.940. The van der Waals surface area contributed by atoms with E-state index in [0.717, 1.165) is 12.5 Å². The molecule has 80 valence electrons. The zero-order chi connectivity index (χ0) is 10.4. The standard InChI is InChI=1S/C6H4F3.C5H5.Hf.2H/c7-6(8,9)5-3-1-2-4-5;1-2-4-5-3-1;;;/h1,3H,2H2;1-3H,4H2;;;/q2*-1;+4;2*-1. The van der Waals surface area contributed by atoms with E-state index in [0.29, 0.717) is 0 Å². The summed E-state index contributed by atoms with van der Waals surface area (Å²) >= 11 is 0. The van der Waals surface area contributed by atoms with Gasteiger partial charge < -0.3 is 2.85 Å². The third-order valence-corrected chi connectivity index (χ3v) is 1.59. The van der Waals surface area contributed by atoms with E-state index in [4.69, 9.17) is 0 Å². The Hall–Kier alpha value is -0.380. The van der Waals surface area contributed by atoms with Crippen molar-refractivity contribution in [1.29, 1.82) is 0 Å². The van der Waals surface area contributed by atoms with Crippen LogP contribution in [0.25, 0.3) is 0 Å². The van der Waals surface area contributed by atoms with Gasteiger partial charge in [-0.05, 0) is 0 Å². The molecule has 2 aliphatic rings. The van der Waals surface area contributed by atoms with Gasteiger partial charge in [0.25, 0.3) is 0 Å². The van der Waals surface area contributed by atoms with Crippen LogP contribution in [0.2, 0.25) is 0 Å². The fourth-order valence-corrected chi connectivity index (χ4v) is 0.940. The van der Waals surface area contributed by atoms with Gasteiger partial charge in [-0.2, -0.15) is 25.3 Å². The Kier molecular flexibility index (Phi) is 6.81. The van der Waals surface area contributed by atoms with Crippen LogP contribution in [0.1, 0.15) is 15.7 Å². The molecule has 0 nitrogen and oxygen atoms in total. The van der Waals surface area contributed by atoms with Gasteiger partial charge in [0.1, 0.15) is 0 Å². The molecule has 0 atom stereocenters. The van der Waals surface area contributed by atoms with Gasteiger partial charge in [-0.3, -0.25) is 12.2 Å². The molecule has 4 heteroatoms. The van der Waals surface area contributed by atoms with Gasteiger partial charge in [-0.15, -0.1) is 18.4 Å². The van der Waals surface area contributed by atoms with Crippen molar-refractivity contribution in [2.75, 3.05) is 0 Å². The van der Waals surface area contributed by atoms with Crippen molar-refractivity contribution in [2.24, 2.45) is 0 Å². The van der Waals surface area contributed by atoms with Crippen LogP contribution >= 0.6 is 0 Å². The Morgan fingerprint density at radius 1 is 1.20 bits per heavy atom. The Labute approximate surface area is 109 Å². The molecule has 0 saturated heterocycles. The summed E-state index contributed by atoms with van der Waals surface area (Å²) in [5.74, 6) is 0. The Morgan fingerprint density at radius 3 is 2.13 bits per heavy atom. The van der Waals surface area contributed by atoms with Crippen molar-refractivity contribution in [3.63, 3.8) is 0 Å². The van der Waals surface area contributed by atoms with Crippen molar-refractivity contribution in [3.8, 4) is 0 Å². The number of alkyl halides is 3. The van der Waals surface area contributed by atoms with Crippen LogP contribution < -0.4 is 0 Å². The molecule has 0 heterocycles. The molecule has 0 amide bonds. The number of allylic oxidation sites excluding steroid dienone is 8. The van der Waals surface area contributed by atoms with Gasteiger partial charge in [-0.25, -0.2) is 18.2 Å². The van der Waals surface area contributed by atoms with E-state index < -0.39 is 11.7 Å². The summed E-state index contributed by atoms with van der Waals surface area (Å²) in [6.07, 6.45) is 10.7. The third kappa shape index (κ3) is 5.92. The van der Waals surface area contributed by atoms with Crippen molar-refractivity contribution in [2.45, 2.75) is 19.0 Å². The molecule has 0 radical (unpaired) electrons. The second kappa shape index (κ2) is 6.99. The Balaban J connectivity index is -0.000000216. The molecule has 0 aliphatic heterocycles. The Bertz CT molecular complexity index is 294. The fraction of sp³-hybridized carbons (Fsp3) is 0.273. The first kappa shape index (κ1) is 14.6. The topological polar surface area (TPSA) is 0 Å².